The van der Waals surface area contributed by atoms with Crippen molar-refractivity contribution in [2.45, 2.75) is 0 Å². The van der Waals surface area contributed by atoms with E-state index in [2.05, 4.69) is 9.98 Å². The Hall–Kier alpha value is -2.96. The third-order valence-electron chi connectivity index (χ3n) is 4.13. The standard InChI is InChI=1S/C17H19N5O2/c1-20(2)12-7-5-11(6-8-12)19-13-9-10-18-15-14(13)16(23)22(4)17(24)21(15)3/h5-10,14H,1-4H3. The topological polar surface area (TPSA) is 68.6 Å². The molecule has 1 fully saturated rings. The molecule has 0 bridgehead atoms. The summed E-state index contributed by atoms with van der Waals surface area (Å²) < 4.78 is 0. The molecule has 0 aliphatic carbocycles. The van der Waals surface area contributed by atoms with Crippen molar-refractivity contribution in [3.05, 3.63) is 36.5 Å². The van der Waals surface area contributed by atoms with Gasteiger partial charge in [-0.1, -0.05) is 0 Å². The molecule has 1 atom stereocenters. The SMILES string of the molecule is CN1C(=O)C2C(=Nc3ccc(N(C)C)cc3)C=CN=C2N(C)C1=O. The summed E-state index contributed by atoms with van der Waals surface area (Å²) in [5, 5.41) is 0. The van der Waals surface area contributed by atoms with Crippen molar-refractivity contribution < 1.29 is 9.59 Å². The molecular weight excluding hydrogens is 306 g/mol. The monoisotopic (exact) mass is 325 g/mol. The zero-order valence-corrected chi connectivity index (χ0v) is 14.1. The normalized spacial score (nSPS) is 21.9. The van der Waals surface area contributed by atoms with Gasteiger partial charge in [0.15, 0.2) is 0 Å². The van der Waals surface area contributed by atoms with Crippen LogP contribution in [0.15, 0.2) is 46.5 Å². The number of hydrogen-bond donors (Lipinski definition) is 0. The van der Waals surface area contributed by atoms with Gasteiger partial charge in [-0.25, -0.2) is 9.79 Å². The minimum absolute atomic E-state index is 0.315. The third kappa shape index (κ3) is 2.58. The fraction of sp³-hybridized carbons (Fsp3) is 0.294. The summed E-state index contributed by atoms with van der Waals surface area (Å²) in [7, 11) is 7.02. The first-order valence-electron chi connectivity index (χ1n) is 7.55. The molecule has 0 saturated carbocycles. The minimum atomic E-state index is -0.656. The highest BCUT2D eigenvalue weighted by Gasteiger charge is 2.43. The van der Waals surface area contributed by atoms with E-state index in [1.165, 1.54) is 11.9 Å². The van der Waals surface area contributed by atoms with E-state index in [0.717, 1.165) is 16.3 Å². The predicted molar refractivity (Wildman–Crippen MR) is 93.9 cm³/mol. The molecule has 0 aromatic heterocycles. The quantitative estimate of drug-likeness (QED) is 0.834. The molecule has 1 aromatic rings. The number of urea groups is 1. The zero-order chi connectivity index (χ0) is 17.4. The summed E-state index contributed by atoms with van der Waals surface area (Å²) in [6, 6.07) is 7.33. The molecule has 0 radical (unpaired) electrons. The number of imide groups is 1. The highest BCUT2D eigenvalue weighted by Crippen LogP contribution is 2.25. The summed E-state index contributed by atoms with van der Waals surface area (Å²) >= 11 is 0. The van der Waals surface area contributed by atoms with Gasteiger partial charge in [-0.3, -0.25) is 19.6 Å². The van der Waals surface area contributed by atoms with Crippen LogP contribution in [0.2, 0.25) is 0 Å². The number of amides is 3. The minimum Gasteiger partial charge on any atom is -0.378 e. The van der Waals surface area contributed by atoms with Crippen LogP contribution in [0.1, 0.15) is 0 Å². The Morgan fingerprint density at radius 1 is 1.08 bits per heavy atom. The predicted octanol–water partition coefficient (Wildman–Crippen LogP) is 1.89. The number of fused-ring (bicyclic) bond motifs is 1. The molecule has 7 heteroatoms. The van der Waals surface area contributed by atoms with Gasteiger partial charge in [0, 0.05) is 40.1 Å². The summed E-state index contributed by atoms with van der Waals surface area (Å²) in [6.45, 7) is 0. The van der Waals surface area contributed by atoms with Gasteiger partial charge in [-0.15, -0.1) is 0 Å². The largest absolute Gasteiger partial charge is 0.378 e. The molecule has 0 spiro atoms. The van der Waals surface area contributed by atoms with Crippen molar-refractivity contribution in [3.63, 3.8) is 0 Å². The number of rotatable bonds is 2. The Morgan fingerprint density at radius 2 is 1.75 bits per heavy atom. The summed E-state index contributed by atoms with van der Waals surface area (Å²) in [4.78, 5) is 37.9. The first-order chi connectivity index (χ1) is 11.4. The van der Waals surface area contributed by atoms with Crippen LogP contribution in [0.25, 0.3) is 0 Å². The van der Waals surface area contributed by atoms with Crippen LogP contribution in [0.3, 0.4) is 0 Å². The molecule has 1 unspecified atom stereocenters. The highest BCUT2D eigenvalue weighted by molar-refractivity contribution is 6.32. The lowest BCUT2D eigenvalue weighted by Gasteiger charge is -2.36. The number of carbonyl (C=O) groups excluding carboxylic acids is 2. The number of hydrogen-bond acceptors (Lipinski definition) is 5. The van der Waals surface area contributed by atoms with Crippen LogP contribution in [-0.4, -0.2) is 61.5 Å². The number of nitrogens with zero attached hydrogens (tertiary/aromatic N) is 5. The molecule has 2 heterocycles. The number of amidine groups is 1. The Kier molecular flexibility index (Phi) is 3.92. The number of benzene rings is 1. The Labute approximate surface area is 140 Å². The molecular formula is C17H19N5O2. The average Bonchev–Trinajstić information content (AvgIpc) is 2.58. The third-order valence-corrected chi connectivity index (χ3v) is 4.13. The molecule has 7 nitrogen and oxygen atoms in total. The Morgan fingerprint density at radius 3 is 2.38 bits per heavy atom. The van der Waals surface area contributed by atoms with Crippen molar-refractivity contribution in [1.82, 2.24) is 9.80 Å². The van der Waals surface area contributed by atoms with Gasteiger partial charge in [-0.05, 0) is 30.3 Å². The van der Waals surface area contributed by atoms with Crippen molar-refractivity contribution >= 4 is 34.9 Å². The molecule has 3 rings (SSSR count). The molecule has 2 aliphatic rings. The lowest BCUT2D eigenvalue weighted by atomic mass is 9.95. The molecule has 1 aromatic carbocycles. The van der Waals surface area contributed by atoms with Crippen LogP contribution in [0.4, 0.5) is 16.2 Å². The van der Waals surface area contributed by atoms with Crippen LogP contribution in [-0.2, 0) is 4.79 Å². The molecule has 2 aliphatic heterocycles. The lowest BCUT2D eigenvalue weighted by Crippen LogP contribution is -2.59. The molecule has 124 valence electrons. The molecule has 24 heavy (non-hydrogen) atoms. The Balaban J connectivity index is 1.97. The van der Waals surface area contributed by atoms with Crippen molar-refractivity contribution in [3.8, 4) is 0 Å². The van der Waals surface area contributed by atoms with E-state index in [1.54, 1.807) is 19.3 Å². The first kappa shape index (κ1) is 15.9. The average molecular weight is 325 g/mol. The zero-order valence-electron chi connectivity index (χ0n) is 14.1. The van der Waals surface area contributed by atoms with Crippen LogP contribution in [0, 0.1) is 5.92 Å². The van der Waals surface area contributed by atoms with Crippen LogP contribution < -0.4 is 4.90 Å². The highest BCUT2D eigenvalue weighted by atomic mass is 16.2. The first-order valence-corrected chi connectivity index (χ1v) is 7.55. The van der Waals surface area contributed by atoms with Crippen molar-refractivity contribution in [2.75, 3.05) is 33.1 Å². The number of anilines is 1. The maximum absolute atomic E-state index is 12.5. The van der Waals surface area contributed by atoms with Gasteiger partial charge < -0.3 is 4.90 Å². The van der Waals surface area contributed by atoms with Gasteiger partial charge in [0.1, 0.15) is 11.8 Å². The Bertz CT molecular complexity index is 777. The fourth-order valence-corrected chi connectivity index (χ4v) is 2.70. The van der Waals surface area contributed by atoms with E-state index in [9.17, 15) is 9.59 Å². The second-order valence-corrected chi connectivity index (χ2v) is 5.92. The van der Waals surface area contributed by atoms with E-state index in [4.69, 9.17) is 0 Å². The maximum atomic E-state index is 12.5. The van der Waals surface area contributed by atoms with E-state index < -0.39 is 5.92 Å². The summed E-state index contributed by atoms with van der Waals surface area (Å²) in [6.07, 6.45) is 3.28. The van der Waals surface area contributed by atoms with E-state index in [1.807, 2.05) is 43.3 Å². The molecule has 0 N–H and O–H groups in total. The number of aliphatic imine (C=N–C) groups is 2. The van der Waals surface area contributed by atoms with Crippen LogP contribution >= 0.6 is 0 Å². The van der Waals surface area contributed by atoms with E-state index in [0.29, 0.717) is 11.5 Å². The van der Waals surface area contributed by atoms with E-state index in [-0.39, 0.29) is 11.9 Å². The van der Waals surface area contributed by atoms with Crippen molar-refractivity contribution in [2.24, 2.45) is 15.9 Å². The second kappa shape index (κ2) is 5.92. The fourth-order valence-electron chi connectivity index (χ4n) is 2.70. The molecule has 3 amide bonds. The van der Waals surface area contributed by atoms with Crippen LogP contribution in [0.5, 0.6) is 0 Å². The smallest absolute Gasteiger partial charge is 0.331 e. The van der Waals surface area contributed by atoms with Gasteiger partial charge in [0.05, 0.1) is 11.4 Å². The van der Waals surface area contributed by atoms with Gasteiger partial charge in [-0.2, -0.15) is 0 Å². The van der Waals surface area contributed by atoms with Gasteiger partial charge in [0.2, 0.25) is 5.91 Å². The summed E-state index contributed by atoms with van der Waals surface area (Å²) in [5.41, 5.74) is 2.39. The van der Waals surface area contributed by atoms with Crippen molar-refractivity contribution in [1.29, 1.82) is 0 Å². The van der Waals surface area contributed by atoms with Gasteiger partial charge in [0.25, 0.3) is 0 Å². The number of carbonyl (C=O) groups is 2. The molecule has 1 saturated heterocycles. The summed E-state index contributed by atoms with van der Waals surface area (Å²) in [5.74, 6) is -0.560. The van der Waals surface area contributed by atoms with Gasteiger partial charge >= 0.3 is 6.03 Å². The number of allylic oxidation sites excluding steroid dienone is 1. The van der Waals surface area contributed by atoms with E-state index >= 15 is 0 Å². The lowest BCUT2D eigenvalue weighted by molar-refractivity contribution is -0.128. The maximum Gasteiger partial charge on any atom is 0.331 e. The second-order valence-electron chi connectivity index (χ2n) is 5.92.